The third-order valence-corrected chi connectivity index (χ3v) is 10.7. The average molecular weight is 687 g/mol. The van der Waals surface area contributed by atoms with Gasteiger partial charge in [0.1, 0.15) is 11.8 Å². The molecular weight excluding hydrogens is 641 g/mol. The Hall–Kier alpha value is -3.72. The summed E-state index contributed by atoms with van der Waals surface area (Å²) < 4.78 is 28.7. The highest BCUT2D eigenvalue weighted by Crippen LogP contribution is 2.27. The Morgan fingerprint density at radius 2 is 1.81 bits per heavy atom. The first kappa shape index (κ1) is 36.1. The van der Waals surface area contributed by atoms with Crippen LogP contribution in [0.15, 0.2) is 58.8 Å². The number of benzene rings is 2. The first-order chi connectivity index (χ1) is 22.2. The van der Waals surface area contributed by atoms with Gasteiger partial charge in [-0.3, -0.25) is 4.79 Å². The predicted octanol–water partition coefficient (Wildman–Crippen LogP) is 3.44. The zero-order chi connectivity index (χ0) is 34.5. The molecule has 1 aliphatic heterocycles. The largest absolute Gasteiger partial charge is 0.506 e. The van der Waals surface area contributed by atoms with Crippen LogP contribution in [0.2, 0.25) is 0 Å². The van der Waals surface area contributed by atoms with Crippen LogP contribution in [0.1, 0.15) is 44.0 Å². The maximum Gasteiger partial charge on any atom is 0.321 e. The Kier molecular flexibility index (Phi) is 11.9. The first-order valence-corrected chi connectivity index (χ1v) is 18.1. The molecule has 0 aliphatic carbocycles. The van der Waals surface area contributed by atoms with Crippen molar-refractivity contribution in [1.29, 1.82) is 0 Å². The molecule has 0 bridgehead atoms. The molecule has 2 aromatic carbocycles. The topological polar surface area (TPSA) is 169 Å². The van der Waals surface area contributed by atoms with Gasteiger partial charge in [0.15, 0.2) is 0 Å². The van der Waals surface area contributed by atoms with Crippen LogP contribution in [0.4, 0.5) is 10.5 Å². The average Bonchev–Trinajstić information content (AvgIpc) is 3.58. The number of anilines is 1. The minimum Gasteiger partial charge on any atom is -0.506 e. The summed E-state index contributed by atoms with van der Waals surface area (Å²) in [6, 6.07) is 11.0. The number of nitrogen functional groups attached to an aromatic ring is 1. The number of thiazole rings is 1. The molecule has 47 heavy (non-hydrogen) atoms. The summed E-state index contributed by atoms with van der Waals surface area (Å²) in [7, 11) is -4.14. The van der Waals surface area contributed by atoms with E-state index in [9.17, 15) is 28.2 Å². The molecule has 1 aliphatic rings. The molecule has 3 aromatic rings. The fraction of sp³-hybridized carbons (Fsp3) is 0.485. The van der Waals surface area contributed by atoms with Crippen molar-refractivity contribution in [1.82, 2.24) is 24.4 Å². The predicted molar refractivity (Wildman–Crippen MR) is 182 cm³/mol. The summed E-state index contributed by atoms with van der Waals surface area (Å²) in [6.45, 7) is 10.3. The number of carbonyl (C=O) groups is 2. The van der Waals surface area contributed by atoms with Crippen molar-refractivity contribution in [3.63, 3.8) is 0 Å². The van der Waals surface area contributed by atoms with Crippen LogP contribution >= 0.6 is 11.3 Å². The van der Waals surface area contributed by atoms with Gasteiger partial charge in [-0.2, -0.15) is 4.31 Å². The maximum absolute atomic E-state index is 14.0. The summed E-state index contributed by atoms with van der Waals surface area (Å²) in [4.78, 5) is 35.1. The van der Waals surface area contributed by atoms with Crippen LogP contribution in [0, 0.1) is 18.8 Å². The van der Waals surface area contributed by atoms with E-state index in [4.69, 9.17) is 5.73 Å². The fourth-order valence-corrected chi connectivity index (χ4v) is 8.02. The summed E-state index contributed by atoms with van der Waals surface area (Å²) in [5, 5.41) is 27.4. The van der Waals surface area contributed by atoms with Crippen LogP contribution < -0.4 is 11.1 Å². The molecule has 1 aromatic heterocycles. The number of aromatic hydroxyl groups is 1. The van der Waals surface area contributed by atoms with Crippen LogP contribution in [0.5, 0.6) is 5.75 Å². The number of nitrogens with zero attached hydrogens (tertiary/aromatic N) is 4. The second kappa shape index (κ2) is 15.5. The highest BCUT2D eigenvalue weighted by Gasteiger charge is 2.40. The summed E-state index contributed by atoms with van der Waals surface area (Å²) in [5.74, 6) is -0.990. The van der Waals surface area contributed by atoms with Gasteiger partial charge in [-0.1, -0.05) is 58.0 Å². The third kappa shape index (κ3) is 9.01. The SMILES string of the molecule is Cc1nc(CN2CCN([C@H](C(=O)N[C@@H](Cc3ccccc3)[C@@H](O)CN(CC(C)C)S(=O)(=O)c3ccc(O)c(N)c3)C(C)C)C2=O)cs1. The van der Waals surface area contributed by atoms with E-state index >= 15 is 0 Å². The number of phenols is 1. The third-order valence-electron chi connectivity index (χ3n) is 8.07. The number of hydrogen-bond donors (Lipinski definition) is 4. The normalized spacial score (nSPS) is 15.9. The zero-order valence-corrected chi connectivity index (χ0v) is 29.2. The molecule has 14 heteroatoms. The minimum absolute atomic E-state index is 0.0817. The van der Waals surface area contributed by atoms with Gasteiger partial charge in [0.2, 0.25) is 15.9 Å². The van der Waals surface area contributed by atoms with Crippen molar-refractivity contribution < 1.29 is 28.2 Å². The van der Waals surface area contributed by atoms with Crippen molar-refractivity contribution in [2.75, 3.05) is 31.9 Å². The molecule has 4 rings (SSSR count). The van der Waals surface area contributed by atoms with Gasteiger partial charge >= 0.3 is 6.03 Å². The van der Waals surface area contributed by atoms with Gasteiger partial charge in [-0.05, 0) is 48.9 Å². The van der Waals surface area contributed by atoms with Crippen LogP contribution in [-0.2, 0) is 27.8 Å². The Morgan fingerprint density at radius 3 is 2.40 bits per heavy atom. The van der Waals surface area contributed by atoms with Gasteiger partial charge in [0.25, 0.3) is 0 Å². The number of amides is 3. The number of aryl methyl sites for hydroxylation is 1. The number of aliphatic hydroxyl groups is 1. The highest BCUT2D eigenvalue weighted by molar-refractivity contribution is 7.89. The Bertz CT molecular complexity index is 1630. The molecule has 3 atom stereocenters. The Labute approximate surface area is 281 Å². The second-order valence-corrected chi connectivity index (χ2v) is 15.8. The minimum atomic E-state index is -4.14. The van der Waals surface area contributed by atoms with Crippen LogP contribution in [0.25, 0.3) is 0 Å². The van der Waals surface area contributed by atoms with E-state index < -0.39 is 34.1 Å². The maximum atomic E-state index is 14.0. The number of aromatic nitrogens is 1. The fourth-order valence-electron chi connectivity index (χ4n) is 5.76. The summed E-state index contributed by atoms with van der Waals surface area (Å²) in [6.07, 6.45) is -1.09. The smallest absolute Gasteiger partial charge is 0.321 e. The quantitative estimate of drug-likeness (QED) is 0.139. The lowest BCUT2D eigenvalue weighted by molar-refractivity contribution is -0.128. The highest BCUT2D eigenvalue weighted by atomic mass is 32.2. The lowest BCUT2D eigenvalue weighted by atomic mass is 9.97. The van der Waals surface area contributed by atoms with Crippen LogP contribution in [-0.4, -0.2) is 94.0 Å². The molecule has 5 N–H and O–H groups in total. The molecule has 2 heterocycles. The molecule has 1 fully saturated rings. The number of aliphatic hydroxyl groups excluding tert-OH is 1. The molecule has 1 saturated heterocycles. The first-order valence-electron chi connectivity index (χ1n) is 15.7. The van der Waals surface area contributed by atoms with E-state index in [1.54, 1.807) is 9.80 Å². The van der Waals surface area contributed by atoms with Crippen molar-refractivity contribution in [2.45, 2.75) is 70.7 Å². The summed E-state index contributed by atoms with van der Waals surface area (Å²) in [5.41, 5.74) is 7.36. The Balaban J connectivity index is 1.58. The van der Waals surface area contributed by atoms with Gasteiger partial charge < -0.3 is 31.1 Å². The number of nitrogens with two attached hydrogens (primary N) is 1. The van der Waals surface area contributed by atoms with Gasteiger partial charge in [-0.15, -0.1) is 11.3 Å². The van der Waals surface area contributed by atoms with E-state index in [0.717, 1.165) is 16.3 Å². The molecule has 256 valence electrons. The van der Waals surface area contributed by atoms with Crippen molar-refractivity contribution in [3.05, 3.63) is 70.2 Å². The van der Waals surface area contributed by atoms with Crippen molar-refractivity contribution in [3.8, 4) is 5.75 Å². The van der Waals surface area contributed by atoms with E-state index in [1.165, 1.54) is 33.8 Å². The lowest BCUT2D eigenvalue weighted by Crippen LogP contribution is -2.57. The molecule has 0 spiro atoms. The number of sulfonamides is 1. The van der Waals surface area contributed by atoms with Crippen molar-refractivity contribution >= 4 is 39.0 Å². The van der Waals surface area contributed by atoms with Gasteiger partial charge in [0, 0.05) is 31.6 Å². The number of phenolic OH excluding ortho intramolecular Hbond substituents is 1. The molecular formula is C33H46N6O6S2. The monoisotopic (exact) mass is 686 g/mol. The lowest BCUT2D eigenvalue weighted by Gasteiger charge is -2.34. The van der Waals surface area contributed by atoms with E-state index in [-0.39, 0.29) is 53.7 Å². The number of urea groups is 1. The van der Waals surface area contributed by atoms with E-state index in [0.29, 0.717) is 19.6 Å². The number of carbonyl (C=O) groups excluding carboxylic acids is 2. The molecule has 0 unspecified atom stereocenters. The number of rotatable bonds is 15. The summed E-state index contributed by atoms with van der Waals surface area (Å²) >= 11 is 1.52. The molecule has 0 saturated carbocycles. The molecule has 3 amide bonds. The second-order valence-electron chi connectivity index (χ2n) is 12.8. The zero-order valence-electron chi connectivity index (χ0n) is 27.5. The Morgan fingerprint density at radius 1 is 1.11 bits per heavy atom. The number of hydrogen-bond acceptors (Lipinski definition) is 9. The van der Waals surface area contributed by atoms with Crippen molar-refractivity contribution in [2.24, 2.45) is 11.8 Å². The van der Waals surface area contributed by atoms with Crippen LogP contribution in [0.3, 0.4) is 0 Å². The number of nitrogens with one attached hydrogen (secondary N) is 1. The van der Waals surface area contributed by atoms with Gasteiger partial charge in [0.05, 0.1) is 40.0 Å². The van der Waals surface area contributed by atoms with Gasteiger partial charge in [-0.25, -0.2) is 18.2 Å². The van der Waals surface area contributed by atoms with E-state index in [1.807, 2.05) is 70.3 Å². The van der Waals surface area contributed by atoms with E-state index in [2.05, 4.69) is 10.3 Å². The standard InChI is InChI=1S/C33H46N6O6S2/c1-21(2)17-38(47(44,45)26-11-12-29(40)27(34)16-26)19-30(41)28(15-24-9-7-6-8-10-24)36-32(42)31(22(3)4)39-14-13-37(33(39)43)18-25-20-46-23(5)35-25/h6-12,16,20-22,28,30-31,40-41H,13-15,17-19,34H2,1-5H3,(H,36,42)/t28-,30-,31-/m0/s1. The molecule has 12 nitrogen and oxygen atoms in total. The molecule has 0 radical (unpaired) electrons.